The molecule has 0 spiro atoms. The van der Waals surface area contributed by atoms with E-state index in [0.717, 1.165) is 44.1 Å². The highest BCUT2D eigenvalue weighted by Crippen LogP contribution is 2.19. The van der Waals surface area contributed by atoms with Gasteiger partial charge < -0.3 is 14.2 Å². The fourth-order valence-electron chi connectivity index (χ4n) is 3.65. The van der Waals surface area contributed by atoms with Gasteiger partial charge in [0.1, 0.15) is 24.1 Å². The van der Waals surface area contributed by atoms with Crippen LogP contribution in [-0.4, -0.2) is 74.6 Å². The molecule has 1 aliphatic rings. The Balaban J connectivity index is 1.20. The SMILES string of the molecule is O=[N+]([O-])c1cccc(OCC(O)CN2CCN(Cc3cn4ccccc4n3)CC2)c1. The normalized spacial score (nSPS) is 16.6. The maximum absolute atomic E-state index is 10.8. The number of aliphatic hydroxyl groups is 1. The second-order valence-electron chi connectivity index (χ2n) is 7.49. The van der Waals surface area contributed by atoms with Crippen molar-refractivity contribution in [1.82, 2.24) is 19.2 Å². The number of hydrogen-bond acceptors (Lipinski definition) is 7. The van der Waals surface area contributed by atoms with Crippen LogP contribution in [0, 0.1) is 10.1 Å². The molecule has 3 heterocycles. The summed E-state index contributed by atoms with van der Waals surface area (Å²) in [5, 5.41) is 21.1. The van der Waals surface area contributed by atoms with Crippen LogP contribution in [-0.2, 0) is 6.54 Å². The smallest absolute Gasteiger partial charge is 0.273 e. The maximum Gasteiger partial charge on any atom is 0.273 e. The van der Waals surface area contributed by atoms with Crippen LogP contribution in [0.4, 0.5) is 5.69 Å². The van der Waals surface area contributed by atoms with Crippen molar-refractivity contribution in [3.05, 3.63) is 70.7 Å². The summed E-state index contributed by atoms with van der Waals surface area (Å²) in [7, 11) is 0. The van der Waals surface area contributed by atoms with Crippen molar-refractivity contribution in [3.63, 3.8) is 0 Å². The first-order valence-corrected chi connectivity index (χ1v) is 9.99. The molecule has 0 aliphatic carbocycles. The molecule has 30 heavy (non-hydrogen) atoms. The standard InChI is InChI=1S/C21H25N5O4/c27-19(16-30-20-5-3-4-18(12-20)26(28)29)15-24-10-8-23(9-11-24)13-17-14-25-7-2-1-6-21(25)22-17/h1-7,12,14,19,27H,8-11,13,15-16H2. The minimum atomic E-state index is -0.658. The summed E-state index contributed by atoms with van der Waals surface area (Å²) in [6.07, 6.45) is 3.41. The summed E-state index contributed by atoms with van der Waals surface area (Å²) in [6.45, 7) is 4.97. The molecule has 0 saturated carbocycles. The Hall–Kier alpha value is -3.01. The zero-order chi connectivity index (χ0) is 20.9. The van der Waals surface area contributed by atoms with Gasteiger partial charge in [-0.2, -0.15) is 0 Å². The summed E-state index contributed by atoms with van der Waals surface area (Å²) in [5.74, 6) is 0.389. The number of β-amino-alcohol motifs (C(OH)–C–C–N with tert-alkyl or cyclic N) is 1. The lowest BCUT2D eigenvalue weighted by atomic mass is 10.2. The molecule has 1 aliphatic heterocycles. The highest BCUT2D eigenvalue weighted by atomic mass is 16.6. The predicted octanol–water partition coefficient (Wildman–Crippen LogP) is 1.80. The zero-order valence-electron chi connectivity index (χ0n) is 16.6. The van der Waals surface area contributed by atoms with Gasteiger partial charge >= 0.3 is 0 Å². The van der Waals surface area contributed by atoms with E-state index in [-0.39, 0.29) is 12.3 Å². The Labute approximate surface area is 174 Å². The number of aliphatic hydroxyl groups excluding tert-OH is 1. The fraction of sp³-hybridized carbons (Fsp3) is 0.381. The summed E-state index contributed by atoms with van der Waals surface area (Å²) in [4.78, 5) is 19.6. The Morgan fingerprint density at radius 1 is 1.13 bits per heavy atom. The summed E-state index contributed by atoms with van der Waals surface area (Å²) in [5.41, 5.74) is 1.99. The summed E-state index contributed by atoms with van der Waals surface area (Å²) >= 11 is 0. The predicted molar refractivity (Wildman–Crippen MR) is 112 cm³/mol. The van der Waals surface area contributed by atoms with Crippen molar-refractivity contribution < 1.29 is 14.8 Å². The van der Waals surface area contributed by atoms with E-state index in [0.29, 0.717) is 12.3 Å². The number of hydrogen-bond donors (Lipinski definition) is 1. The molecule has 4 rings (SSSR count). The van der Waals surface area contributed by atoms with Gasteiger partial charge in [0.05, 0.1) is 16.7 Å². The third-order valence-corrected chi connectivity index (χ3v) is 5.20. The summed E-state index contributed by atoms with van der Waals surface area (Å²) < 4.78 is 7.56. The number of benzene rings is 1. The number of rotatable bonds is 8. The molecule has 0 bridgehead atoms. The number of ether oxygens (including phenoxy) is 1. The van der Waals surface area contributed by atoms with Crippen LogP contribution in [0.2, 0.25) is 0 Å². The van der Waals surface area contributed by atoms with E-state index in [2.05, 4.69) is 21.0 Å². The number of nitrogens with zero attached hydrogens (tertiary/aromatic N) is 5. The molecule has 1 atom stereocenters. The van der Waals surface area contributed by atoms with E-state index < -0.39 is 11.0 Å². The number of nitro benzene ring substituents is 1. The van der Waals surface area contributed by atoms with Crippen molar-refractivity contribution in [1.29, 1.82) is 0 Å². The third kappa shape index (κ3) is 5.12. The number of nitro groups is 1. The monoisotopic (exact) mass is 411 g/mol. The van der Waals surface area contributed by atoms with Gasteiger partial charge in [-0.05, 0) is 18.2 Å². The number of non-ortho nitro benzene ring substituents is 1. The van der Waals surface area contributed by atoms with E-state index in [1.54, 1.807) is 12.1 Å². The van der Waals surface area contributed by atoms with Crippen molar-refractivity contribution in [2.45, 2.75) is 12.6 Å². The topological polar surface area (TPSA) is 96.4 Å². The minimum absolute atomic E-state index is 0.0243. The molecule has 9 heteroatoms. The first kappa shape index (κ1) is 20.3. The van der Waals surface area contributed by atoms with Gasteiger partial charge in [0.2, 0.25) is 0 Å². The zero-order valence-corrected chi connectivity index (χ0v) is 16.6. The second-order valence-corrected chi connectivity index (χ2v) is 7.49. The average Bonchev–Trinajstić information content (AvgIpc) is 3.16. The van der Waals surface area contributed by atoms with Crippen LogP contribution in [0.3, 0.4) is 0 Å². The molecule has 1 N–H and O–H groups in total. The van der Waals surface area contributed by atoms with Gasteiger partial charge in [0.25, 0.3) is 5.69 Å². The number of pyridine rings is 1. The molecule has 1 unspecified atom stereocenters. The van der Waals surface area contributed by atoms with Gasteiger partial charge in [-0.1, -0.05) is 12.1 Å². The molecule has 2 aromatic heterocycles. The lowest BCUT2D eigenvalue weighted by Crippen LogP contribution is -2.48. The van der Waals surface area contributed by atoms with Gasteiger partial charge in [-0.3, -0.25) is 19.9 Å². The van der Waals surface area contributed by atoms with Gasteiger partial charge in [0.15, 0.2) is 0 Å². The van der Waals surface area contributed by atoms with E-state index >= 15 is 0 Å². The highest BCUT2D eigenvalue weighted by Gasteiger charge is 2.20. The van der Waals surface area contributed by atoms with E-state index in [4.69, 9.17) is 4.74 Å². The molecular weight excluding hydrogens is 386 g/mol. The number of aromatic nitrogens is 2. The number of fused-ring (bicyclic) bond motifs is 1. The maximum atomic E-state index is 10.8. The van der Waals surface area contributed by atoms with Crippen LogP contribution in [0.25, 0.3) is 5.65 Å². The van der Waals surface area contributed by atoms with E-state index in [1.165, 1.54) is 12.1 Å². The Morgan fingerprint density at radius 2 is 1.93 bits per heavy atom. The number of piperazine rings is 1. The molecule has 1 aromatic carbocycles. The van der Waals surface area contributed by atoms with Crippen LogP contribution < -0.4 is 4.74 Å². The molecule has 0 radical (unpaired) electrons. The molecule has 3 aromatic rings. The molecule has 9 nitrogen and oxygen atoms in total. The van der Waals surface area contributed by atoms with Crippen molar-refractivity contribution in [2.75, 3.05) is 39.3 Å². The number of imidazole rings is 1. The first-order chi connectivity index (χ1) is 14.6. The molecule has 1 fully saturated rings. The van der Waals surface area contributed by atoms with E-state index in [1.807, 2.05) is 28.8 Å². The van der Waals surface area contributed by atoms with E-state index in [9.17, 15) is 15.2 Å². The molecule has 0 amide bonds. The van der Waals surface area contributed by atoms with Crippen LogP contribution in [0.1, 0.15) is 5.69 Å². The van der Waals surface area contributed by atoms with Gasteiger partial charge in [-0.15, -0.1) is 0 Å². The largest absolute Gasteiger partial charge is 0.491 e. The van der Waals surface area contributed by atoms with Crippen LogP contribution >= 0.6 is 0 Å². The van der Waals surface area contributed by atoms with Crippen molar-refractivity contribution in [3.8, 4) is 5.75 Å². The second kappa shape index (κ2) is 9.21. The molecule has 1 saturated heterocycles. The van der Waals surface area contributed by atoms with Crippen LogP contribution in [0.15, 0.2) is 54.9 Å². The van der Waals surface area contributed by atoms with Crippen LogP contribution in [0.5, 0.6) is 5.75 Å². The fourth-order valence-corrected chi connectivity index (χ4v) is 3.65. The average molecular weight is 411 g/mol. The molecule has 158 valence electrons. The Morgan fingerprint density at radius 3 is 2.70 bits per heavy atom. The Bertz CT molecular complexity index is 967. The summed E-state index contributed by atoms with van der Waals surface area (Å²) in [6, 6.07) is 12.0. The van der Waals surface area contributed by atoms with Crippen molar-refractivity contribution >= 4 is 11.3 Å². The highest BCUT2D eigenvalue weighted by molar-refractivity contribution is 5.39. The lowest BCUT2D eigenvalue weighted by Gasteiger charge is -2.35. The minimum Gasteiger partial charge on any atom is -0.491 e. The third-order valence-electron chi connectivity index (χ3n) is 5.20. The molecular formula is C21H25N5O4. The first-order valence-electron chi connectivity index (χ1n) is 9.99. The van der Waals surface area contributed by atoms with Gasteiger partial charge in [0, 0.05) is 57.7 Å². The van der Waals surface area contributed by atoms with Crippen molar-refractivity contribution in [2.24, 2.45) is 0 Å². The quantitative estimate of drug-likeness (QED) is 0.446. The lowest BCUT2D eigenvalue weighted by molar-refractivity contribution is -0.384. The Kier molecular flexibility index (Phi) is 6.22. The van der Waals surface area contributed by atoms with Gasteiger partial charge in [-0.25, -0.2) is 4.98 Å².